The minimum atomic E-state index is -4.40. The molecular weight excluding hydrogens is 241 g/mol. The number of rotatable bonds is 5. The van der Waals surface area contributed by atoms with Crippen molar-refractivity contribution < 1.29 is 17.9 Å². The lowest BCUT2D eigenvalue weighted by Gasteiger charge is -2.05. The van der Waals surface area contributed by atoms with Gasteiger partial charge in [-0.25, -0.2) is 4.98 Å². The molecule has 0 aliphatic carbocycles. The first-order chi connectivity index (χ1) is 7.49. The van der Waals surface area contributed by atoms with E-state index in [2.05, 4.69) is 10.3 Å². The third-order valence-corrected chi connectivity index (χ3v) is 2.84. The average molecular weight is 254 g/mol. The number of nitrogens with zero attached hydrogens (tertiary/aromatic N) is 1. The SMILES string of the molecule is CCNCc1sc(COC)nc1C(F)(F)F. The summed E-state index contributed by atoms with van der Waals surface area (Å²) in [5, 5.41) is 3.21. The number of hydrogen-bond acceptors (Lipinski definition) is 4. The number of halogens is 3. The van der Waals surface area contributed by atoms with Gasteiger partial charge in [-0.1, -0.05) is 6.92 Å². The van der Waals surface area contributed by atoms with Crippen LogP contribution in [0.3, 0.4) is 0 Å². The maximum atomic E-state index is 12.6. The monoisotopic (exact) mass is 254 g/mol. The van der Waals surface area contributed by atoms with Gasteiger partial charge >= 0.3 is 6.18 Å². The van der Waals surface area contributed by atoms with Crippen LogP contribution in [-0.2, 0) is 24.1 Å². The minimum Gasteiger partial charge on any atom is -0.378 e. The Balaban J connectivity index is 2.93. The Morgan fingerprint density at radius 3 is 2.62 bits per heavy atom. The third-order valence-electron chi connectivity index (χ3n) is 1.81. The number of ether oxygens (including phenoxy) is 1. The molecular formula is C9H13F3N2OS. The van der Waals surface area contributed by atoms with Gasteiger partial charge in [-0.2, -0.15) is 13.2 Å². The molecule has 1 aromatic heterocycles. The van der Waals surface area contributed by atoms with Crippen LogP contribution in [0.1, 0.15) is 22.5 Å². The highest BCUT2D eigenvalue weighted by molar-refractivity contribution is 7.11. The number of aromatic nitrogens is 1. The fraction of sp³-hybridized carbons (Fsp3) is 0.667. The molecule has 0 amide bonds. The van der Waals surface area contributed by atoms with Crippen molar-refractivity contribution in [1.82, 2.24) is 10.3 Å². The second kappa shape index (κ2) is 5.60. The van der Waals surface area contributed by atoms with Crippen molar-refractivity contribution in [2.75, 3.05) is 13.7 Å². The van der Waals surface area contributed by atoms with Gasteiger partial charge in [0.2, 0.25) is 0 Å². The lowest BCUT2D eigenvalue weighted by molar-refractivity contribution is -0.141. The first-order valence-corrected chi connectivity index (χ1v) is 5.56. The summed E-state index contributed by atoms with van der Waals surface area (Å²) in [7, 11) is 1.43. The topological polar surface area (TPSA) is 34.1 Å². The standard InChI is InChI=1S/C9H13F3N2OS/c1-3-13-4-6-8(9(10,11)12)14-7(16-6)5-15-2/h13H,3-5H2,1-2H3. The van der Waals surface area contributed by atoms with Crippen molar-refractivity contribution in [3.05, 3.63) is 15.6 Å². The molecule has 0 unspecified atom stereocenters. The van der Waals surface area contributed by atoms with Gasteiger partial charge in [0.05, 0.1) is 11.5 Å². The number of hydrogen-bond donors (Lipinski definition) is 1. The Hall–Kier alpha value is -0.660. The number of methoxy groups -OCH3 is 1. The molecule has 3 nitrogen and oxygen atoms in total. The molecule has 0 aliphatic rings. The summed E-state index contributed by atoms with van der Waals surface area (Å²) in [5.74, 6) is 0. The molecule has 0 saturated carbocycles. The third kappa shape index (κ3) is 3.43. The predicted octanol–water partition coefficient (Wildman–Crippen LogP) is 2.42. The van der Waals surface area contributed by atoms with Crippen LogP contribution in [0.25, 0.3) is 0 Å². The molecule has 92 valence electrons. The first-order valence-electron chi connectivity index (χ1n) is 4.74. The van der Waals surface area contributed by atoms with E-state index in [0.29, 0.717) is 11.6 Å². The molecule has 0 aromatic carbocycles. The van der Waals surface area contributed by atoms with Crippen molar-refractivity contribution in [1.29, 1.82) is 0 Å². The van der Waals surface area contributed by atoms with E-state index in [4.69, 9.17) is 4.74 Å². The molecule has 0 saturated heterocycles. The Bertz CT molecular complexity index is 338. The van der Waals surface area contributed by atoms with Gasteiger partial charge in [-0.15, -0.1) is 11.3 Å². The van der Waals surface area contributed by atoms with Crippen LogP contribution in [0, 0.1) is 0 Å². The molecule has 0 atom stereocenters. The zero-order valence-electron chi connectivity index (χ0n) is 9.02. The molecule has 1 aromatic rings. The van der Waals surface area contributed by atoms with E-state index >= 15 is 0 Å². The fourth-order valence-corrected chi connectivity index (χ4v) is 2.20. The van der Waals surface area contributed by atoms with Crippen molar-refractivity contribution in [2.45, 2.75) is 26.3 Å². The van der Waals surface area contributed by atoms with Crippen LogP contribution in [0.15, 0.2) is 0 Å². The molecule has 16 heavy (non-hydrogen) atoms. The lowest BCUT2D eigenvalue weighted by Crippen LogP contribution is -2.15. The predicted molar refractivity (Wildman–Crippen MR) is 55.2 cm³/mol. The summed E-state index contributed by atoms with van der Waals surface area (Å²) in [6.45, 7) is 2.76. The van der Waals surface area contributed by atoms with Crippen molar-refractivity contribution in [3.8, 4) is 0 Å². The molecule has 0 spiro atoms. The Morgan fingerprint density at radius 1 is 1.44 bits per heavy atom. The van der Waals surface area contributed by atoms with E-state index in [1.165, 1.54) is 7.11 Å². The number of alkyl halides is 3. The summed E-state index contributed by atoms with van der Waals surface area (Å²) in [5.41, 5.74) is -0.800. The maximum absolute atomic E-state index is 12.6. The van der Waals surface area contributed by atoms with E-state index < -0.39 is 11.9 Å². The Kier molecular flexibility index (Phi) is 4.69. The van der Waals surface area contributed by atoms with Gasteiger partial charge in [0.25, 0.3) is 0 Å². The largest absolute Gasteiger partial charge is 0.434 e. The van der Waals surface area contributed by atoms with E-state index in [9.17, 15) is 13.2 Å². The normalized spacial score (nSPS) is 12.1. The zero-order chi connectivity index (χ0) is 12.2. The minimum absolute atomic E-state index is 0.111. The lowest BCUT2D eigenvalue weighted by atomic mass is 10.3. The van der Waals surface area contributed by atoms with Gasteiger partial charge in [-0.3, -0.25) is 0 Å². The second-order valence-corrected chi connectivity index (χ2v) is 4.26. The molecule has 1 heterocycles. The molecule has 0 aliphatic heterocycles. The summed E-state index contributed by atoms with van der Waals surface area (Å²) in [4.78, 5) is 3.76. The number of nitrogens with one attached hydrogen (secondary N) is 1. The quantitative estimate of drug-likeness (QED) is 0.876. The van der Waals surface area contributed by atoms with E-state index in [-0.39, 0.29) is 18.0 Å². The van der Waals surface area contributed by atoms with Gasteiger partial charge in [0, 0.05) is 13.7 Å². The fourth-order valence-electron chi connectivity index (χ4n) is 1.17. The van der Waals surface area contributed by atoms with Crippen molar-refractivity contribution in [3.63, 3.8) is 0 Å². The van der Waals surface area contributed by atoms with Gasteiger partial charge in [0.15, 0.2) is 5.69 Å². The Labute approximate surface area is 95.6 Å². The van der Waals surface area contributed by atoms with Crippen LogP contribution < -0.4 is 5.32 Å². The maximum Gasteiger partial charge on any atom is 0.434 e. The van der Waals surface area contributed by atoms with Crippen molar-refractivity contribution >= 4 is 11.3 Å². The van der Waals surface area contributed by atoms with Crippen LogP contribution in [0.2, 0.25) is 0 Å². The van der Waals surface area contributed by atoms with Gasteiger partial charge < -0.3 is 10.1 Å². The molecule has 1 N–H and O–H groups in total. The van der Waals surface area contributed by atoms with Crippen molar-refractivity contribution in [2.24, 2.45) is 0 Å². The summed E-state index contributed by atoms with van der Waals surface area (Å²) < 4.78 is 42.6. The Morgan fingerprint density at radius 2 is 2.12 bits per heavy atom. The number of thiazole rings is 1. The highest BCUT2D eigenvalue weighted by atomic mass is 32.1. The van der Waals surface area contributed by atoms with Crippen LogP contribution in [0.4, 0.5) is 13.2 Å². The average Bonchev–Trinajstić information content (AvgIpc) is 2.58. The second-order valence-electron chi connectivity index (χ2n) is 3.09. The van der Waals surface area contributed by atoms with E-state index in [1.807, 2.05) is 6.92 Å². The molecule has 0 bridgehead atoms. The molecule has 1 rings (SSSR count). The zero-order valence-corrected chi connectivity index (χ0v) is 9.84. The van der Waals surface area contributed by atoms with Gasteiger partial charge in [-0.05, 0) is 6.54 Å². The summed E-state index contributed by atoms with van der Waals surface area (Å²) in [6, 6.07) is 0. The molecule has 0 radical (unpaired) electrons. The van der Waals surface area contributed by atoms with E-state index in [1.54, 1.807) is 0 Å². The first kappa shape index (κ1) is 13.4. The van der Waals surface area contributed by atoms with Crippen LogP contribution in [0.5, 0.6) is 0 Å². The van der Waals surface area contributed by atoms with E-state index in [0.717, 1.165) is 11.3 Å². The summed E-state index contributed by atoms with van der Waals surface area (Å²) >= 11 is 1.03. The highest BCUT2D eigenvalue weighted by Crippen LogP contribution is 2.34. The van der Waals surface area contributed by atoms with Crippen LogP contribution in [-0.4, -0.2) is 18.6 Å². The molecule has 0 fully saturated rings. The molecule has 7 heteroatoms. The van der Waals surface area contributed by atoms with Gasteiger partial charge in [0.1, 0.15) is 5.01 Å². The van der Waals surface area contributed by atoms with Crippen LogP contribution >= 0.6 is 11.3 Å². The summed E-state index contributed by atoms with van der Waals surface area (Å²) in [6.07, 6.45) is -4.40. The highest BCUT2D eigenvalue weighted by Gasteiger charge is 2.37. The smallest absolute Gasteiger partial charge is 0.378 e.